The van der Waals surface area contributed by atoms with Gasteiger partial charge in [-0.05, 0) is 52.8 Å². The quantitative estimate of drug-likeness (QED) is 0.585. The maximum absolute atomic E-state index is 13.1. The van der Waals surface area contributed by atoms with Crippen LogP contribution in [0, 0.1) is 0 Å². The minimum Gasteiger partial charge on any atom is -0.288 e. The minimum atomic E-state index is -3.66. The van der Waals surface area contributed by atoms with Crippen LogP contribution in [0.1, 0.15) is 47.8 Å². The lowest BCUT2D eigenvalue weighted by atomic mass is 9.87. The average Bonchev–Trinajstić information content (AvgIpc) is 2.66. The lowest BCUT2D eigenvalue weighted by molar-refractivity contribution is 0.0706. The summed E-state index contributed by atoms with van der Waals surface area (Å²) < 4.78 is 27.6. The molecule has 0 unspecified atom stereocenters. The zero-order valence-corrected chi connectivity index (χ0v) is 17.6. The number of nitrogens with zero attached hydrogens (tertiary/aromatic N) is 1. The van der Waals surface area contributed by atoms with Crippen molar-refractivity contribution in [2.24, 2.45) is 0 Å². The van der Waals surface area contributed by atoms with Gasteiger partial charge in [-0.2, -0.15) is 4.31 Å². The number of amides is 1. The first-order valence-electron chi connectivity index (χ1n) is 8.90. The Labute approximate surface area is 170 Å². The summed E-state index contributed by atoms with van der Waals surface area (Å²) in [7, 11) is -3.66. The lowest BCUT2D eigenvalue weighted by Crippen LogP contribution is -2.36. The molecule has 2 N–H and O–H groups in total. The molecule has 1 aliphatic heterocycles. The average molecular weight is 423 g/mol. The second-order valence-corrected chi connectivity index (χ2v) is 10.2. The number of nitrogens with one attached hydrogen (secondary N) is 1. The Kier molecular flexibility index (Phi) is 5.55. The van der Waals surface area contributed by atoms with E-state index in [1.54, 1.807) is 23.7 Å². The Hall–Kier alpha value is -1.93. The van der Waals surface area contributed by atoms with Crippen molar-refractivity contribution in [1.29, 1.82) is 0 Å². The molecule has 28 heavy (non-hydrogen) atoms. The molecule has 0 spiro atoms. The van der Waals surface area contributed by atoms with Crippen molar-refractivity contribution in [2.75, 3.05) is 6.54 Å². The maximum Gasteiger partial charge on any atom is 0.274 e. The standard InChI is InChI=1S/C20H23ClN2O4S/c1-20(2,3)15-4-6-16(7-5-15)28(26,27)23-9-8-13-10-14(19(24)22-25)11-18(21)17(13)12-23/h4-7,10-11,25H,8-9,12H2,1-3H3,(H,22,24). The number of benzene rings is 2. The lowest BCUT2D eigenvalue weighted by Gasteiger charge is -2.29. The number of hydrogen-bond acceptors (Lipinski definition) is 4. The van der Waals surface area contributed by atoms with Gasteiger partial charge >= 0.3 is 0 Å². The van der Waals surface area contributed by atoms with Crippen LogP contribution in [0.2, 0.25) is 5.02 Å². The highest BCUT2D eigenvalue weighted by Gasteiger charge is 2.30. The normalized spacial score (nSPS) is 15.2. The summed E-state index contributed by atoms with van der Waals surface area (Å²) >= 11 is 6.30. The molecule has 0 saturated carbocycles. The molecule has 6 nitrogen and oxygen atoms in total. The van der Waals surface area contributed by atoms with E-state index in [2.05, 4.69) is 20.8 Å². The van der Waals surface area contributed by atoms with Crippen LogP contribution in [0.4, 0.5) is 0 Å². The van der Waals surface area contributed by atoms with E-state index in [-0.39, 0.29) is 29.0 Å². The number of carbonyl (C=O) groups excluding carboxylic acids is 1. The molecule has 0 fully saturated rings. The molecule has 0 aromatic heterocycles. The van der Waals surface area contributed by atoms with Crippen LogP contribution in [0.25, 0.3) is 0 Å². The second-order valence-electron chi connectivity index (χ2n) is 7.90. The molecule has 3 rings (SSSR count). The molecule has 1 aliphatic rings. The van der Waals surface area contributed by atoms with Crippen molar-refractivity contribution in [3.63, 3.8) is 0 Å². The van der Waals surface area contributed by atoms with Gasteiger partial charge in [0.2, 0.25) is 10.0 Å². The number of halogens is 1. The maximum atomic E-state index is 13.1. The summed E-state index contributed by atoms with van der Waals surface area (Å²) in [6.07, 6.45) is 0.431. The number of fused-ring (bicyclic) bond motifs is 1. The van der Waals surface area contributed by atoms with Gasteiger partial charge in [-0.15, -0.1) is 0 Å². The Morgan fingerprint density at radius 1 is 1.18 bits per heavy atom. The van der Waals surface area contributed by atoms with E-state index in [0.29, 0.717) is 17.0 Å². The molecule has 0 radical (unpaired) electrons. The van der Waals surface area contributed by atoms with Crippen LogP contribution in [-0.2, 0) is 28.4 Å². The molecular formula is C20H23ClN2O4S. The van der Waals surface area contributed by atoms with Crippen LogP contribution < -0.4 is 5.48 Å². The summed E-state index contributed by atoms with van der Waals surface area (Å²) in [6, 6.07) is 10.0. The largest absolute Gasteiger partial charge is 0.288 e. The zero-order valence-electron chi connectivity index (χ0n) is 16.0. The second kappa shape index (κ2) is 7.48. The predicted molar refractivity (Wildman–Crippen MR) is 107 cm³/mol. The topological polar surface area (TPSA) is 86.7 Å². The van der Waals surface area contributed by atoms with Crippen LogP contribution in [0.15, 0.2) is 41.3 Å². The highest BCUT2D eigenvalue weighted by Crippen LogP contribution is 2.31. The first-order chi connectivity index (χ1) is 13.0. The number of sulfonamides is 1. The van der Waals surface area contributed by atoms with Crippen molar-refractivity contribution in [3.8, 4) is 0 Å². The van der Waals surface area contributed by atoms with Gasteiger partial charge in [0.25, 0.3) is 5.91 Å². The minimum absolute atomic E-state index is 0.0571. The Morgan fingerprint density at radius 2 is 1.82 bits per heavy atom. The van der Waals surface area contributed by atoms with Gasteiger partial charge in [0.05, 0.1) is 4.90 Å². The van der Waals surface area contributed by atoms with Crippen LogP contribution in [0.5, 0.6) is 0 Å². The number of rotatable bonds is 3. The van der Waals surface area contributed by atoms with Crippen LogP contribution >= 0.6 is 11.6 Å². The van der Waals surface area contributed by atoms with E-state index in [1.807, 2.05) is 12.1 Å². The Bertz CT molecular complexity index is 1010. The van der Waals surface area contributed by atoms with Crippen LogP contribution in [-0.4, -0.2) is 30.4 Å². The van der Waals surface area contributed by atoms with Gasteiger partial charge in [0.1, 0.15) is 0 Å². The molecule has 1 amide bonds. The number of carbonyl (C=O) groups is 1. The summed E-state index contributed by atoms with van der Waals surface area (Å²) in [4.78, 5) is 11.9. The smallest absolute Gasteiger partial charge is 0.274 e. The summed E-state index contributed by atoms with van der Waals surface area (Å²) in [5.41, 5.74) is 4.31. The number of hydrogen-bond donors (Lipinski definition) is 2. The van der Waals surface area contributed by atoms with Gasteiger partial charge in [-0.3, -0.25) is 10.0 Å². The SMILES string of the molecule is CC(C)(C)c1ccc(S(=O)(=O)N2CCc3cc(C(=O)NO)cc(Cl)c3C2)cc1. The van der Waals surface area contributed by atoms with Gasteiger partial charge < -0.3 is 0 Å². The van der Waals surface area contributed by atoms with Crippen molar-refractivity contribution >= 4 is 27.5 Å². The van der Waals surface area contributed by atoms with Crippen molar-refractivity contribution < 1.29 is 18.4 Å². The Balaban J connectivity index is 1.89. The van der Waals surface area contributed by atoms with Gasteiger partial charge in [0.15, 0.2) is 0 Å². The fourth-order valence-electron chi connectivity index (χ4n) is 3.27. The highest BCUT2D eigenvalue weighted by atomic mass is 35.5. The number of hydroxylamine groups is 1. The molecule has 8 heteroatoms. The molecule has 150 valence electrons. The summed E-state index contributed by atoms with van der Waals surface area (Å²) in [5.74, 6) is -0.654. The fourth-order valence-corrected chi connectivity index (χ4v) is 4.98. The molecule has 0 atom stereocenters. The molecule has 1 heterocycles. The molecule has 0 saturated heterocycles. The van der Waals surface area contributed by atoms with Crippen molar-refractivity contribution in [1.82, 2.24) is 9.79 Å². The van der Waals surface area contributed by atoms with E-state index < -0.39 is 15.9 Å². The van der Waals surface area contributed by atoms with Crippen molar-refractivity contribution in [3.05, 3.63) is 63.7 Å². The van der Waals surface area contributed by atoms with Crippen molar-refractivity contribution in [2.45, 2.75) is 44.0 Å². The highest BCUT2D eigenvalue weighted by molar-refractivity contribution is 7.89. The molecular weight excluding hydrogens is 400 g/mol. The van der Waals surface area contributed by atoms with Crippen LogP contribution in [0.3, 0.4) is 0 Å². The molecule has 0 bridgehead atoms. The van der Waals surface area contributed by atoms with E-state index in [9.17, 15) is 13.2 Å². The third-order valence-corrected chi connectivity index (χ3v) is 7.17. The van der Waals surface area contributed by atoms with E-state index >= 15 is 0 Å². The summed E-state index contributed by atoms with van der Waals surface area (Å²) in [5, 5.41) is 9.10. The van der Waals surface area contributed by atoms with E-state index in [1.165, 1.54) is 10.4 Å². The zero-order chi connectivity index (χ0) is 20.7. The first kappa shape index (κ1) is 20.8. The summed E-state index contributed by atoms with van der Waals surface area (Å²) in [6.45, 7) is 6.65. The molecule has 2 aromatic carbocycles. The molecule has 2 aromatic rings. The van der Waals surface area contributed by atoms with E-state index in [0.717, 1.165) is 11.1 Å². The van der Waals surface area contributed by atoms with E-state index in [4.69, 9.17) is 16.8 Å². The fraction of sp³-hybridized carbons (Fsp3) is 0.350. The van der Waals surface area contributed by atoms with Gasteiger partial charge in [0, 0.05) is 23.7 Å². The molecule has 0 aliphatic carbocycles. The van der Waals surface area contributed by atoms with Gasteiger partial charge in [-0.25, -0.2) is 13.9 Å². The third-order valence-electron chi connectivity index (χ3n) is 4.97. The first-order valence-corrected chi connectivity index (χ1v) is 10.7. The Morgan fingerprint density at radius 3 is 2.39 bits per heavy atom. The predicted octanol–water partition coefficient (Wildman–Crippen LogP) is 3.50. The monoisotopic (exact) mass is 422 g/mol. The third kappa shape index (κ3) is 3.93. The van der Waals surface area contributed by atoms with Gasteiger partial charge in [-0.1, -0.05) is 44.5 Å².